The predicted molar refractivity (Wildman–Crippen MR) is 47.5 cm³/mol. The molecule has 0 spiro atoms. The number of hydrogen-bond acceptors (Lipinski definition) is 2. The van der Waals surface area contributed by atoms with Crippen LogP contribution in [0.15, 0.2) is 0 Å². The summed E-state index contributed by atoms with van der Waals surface area (Å²) in [5, 5.41) is 11.8. The van der Waals surface area contributed by atoms with Gasteiger partial charge in [-0.05, 0) is 25.1 Å². The van der Waals surface area contributed by atoms with E-state index in [1.807, 2.05) is 5.48 Å². The van der Waals surface area contributed by atoms with Gasteiger partial charge < -0.3 is 5.32 Å². The molecule has 0 radical (unpaired) electrons. The van der Waals surface area contributed by atoms with Gasteiger partial charge in [-0.25, -0.2) is 5.48 Å². The van der Waals surface area contributed by atoms with Crippen molar-refractivity contribution >= 4 is 17.3 Å². The van der Waals surface area contributed by atoms with Crippen LogP contribution in [-0.4, -0.2) is 16.4 Å². The first-order valence-corrected chi connectivity index (χ1v) is 4.44. The van der Waals surface area contributed by atoms with Gasteiger partial charge in [0.25, 0.3) is 0 Å². The van der Waals surface area contributed by atoms with Crippen LogP contribution in [0.1, 0.15) is 32.1 Å². The van der Waals surface area contributed by atoms with Crippen LogP contribution in [-0.2, 0) is 0 Å². The fourth-order valence-corrected chi connectivity index (χ4v) is 1.63. The van der Waals surface area contributed by atoms with E-state index in [0.717, 1.165) is 0 Å². The molecular weight excluding hydrogens is 160 g/mol. The normalized spacial score (nSPS) is 19.4. The molecule has 0 unspecified atom stereocenters. The Hall–Kier alpha value is -0.350. The first kappa shape index (κ1) is 8.74. The van der Waals surface area contributed by atoms with Crippen LogP contribution in [0.5, 0.6) is 0 Å². The summed E-state index contributed by atoms with van der Waals surface area (Å²) < 4.78 is 0. The van der Waals surface area contributed by atoms with Gasteiger partial charge in [0.1, 0.15) is 0 Å². The number of nitrogens with one attached hydrogen (secondary N) is 2. The Labute approximate surface area is 72.1 Å². The lowest BCUT2D eigenvalue weighted by molar-refractivity contribution is 0.229. The fourth-order valence-electron chi connectivity index (χ4n) is 1.46. The predicted octanol–water partition coefficient (Wildman–Crippen LogP) is 1.17. The minimum Gasteiger partial charge on any atom is -0.358 e. The van der Waals surface area contributed by atoms with E-state index in [2.05, 4.69) is 5.32 Å². The average Bonchev–Trinajstić information content (AvgIpc) is 2.06. The van der Waals surface area contributed by atoms with E-state index in [-0.39, 0.29) is 0 Å². The van der Waals surface area contributed by atoms with Crippen LogP contribution in [0, 0.1) is 0 Å². The molecule has 3 nitrogen and oxygen atoms in total. The van der Waals surface area contributed by atoms with Gasteiger partial charge in [0.15, 0.2) is 5.11 Å². The van der Waals surface area contributed by atoms with Gasteiger partial charge in [0, 0.05) is 6.04 Å². The summed E-state index contributed by atoms with van der Waals surface area (Å²) in [4.78, 5) is 0. The highest BCUT2D eigenvalue weighted by molar-refractivity contribution is 7.80. The molecule has 0 atom stereocenters. The molecule has 1 fully saturated rings. The average molecular weight is 174 g/mol. The Morgan fingerprint density at radius 1 is 1.27 bits per heavy atom. The third-order valence-electron chi connectivity index (χ3n) is 2.04. The summed E-state index contributed by atoms with van der Waals surface area (Å²) in [6, 6.07) is 0.468. The van der Waals surface area contributed by atoms with Gasteiger partial charge in [0.05, 0.1) is 0 Å². The molecule has 0 amide bonds. The second-order valence-corrected chi connectivity index (χ2v) is 3.33. The number of rotatable bonds is 1. The third kappa shape index (κ3) is 3.03. The van der Waals surface area contributed by atoms with Crippen LogP contribution in [0.2, 0.25) is 0 Å². The minimum absolute atomic E-state index is 0.344. The summed E-state index contributed by atoms with van der Waals surface area (Å²) >= 11 is 4.76. The Balaban J connectivity index is 2.19. The van der Waals surface area contributed by atoms with E-state index in [1.165, 1.54) is 32.1 Å². The lowest BCUT2D eigenvalue weighted by Crippen LogP contribution is -2.41. The van der Waals surface area contributed by atoms with Gasteiger partial charge in [-0.2, -0.15) is 0 Å². The number of hydroxylamine groups is 1. The van der Waals surface area contributed by atoms with Crippen LogP contribution >= 0.6 is 12.2 Å². The quantitative estimate of drug-likeness (QED) is 0.412. The number of thiocarbonyl (C=S) groups is 1. The SMILES string of the molecule is ONC(=S)NC1CCCCC1. The first-order valence-electron chi connectivity index (χ1n) is 4.03. The Morgan fingerprint density at radius 3 is 2.45 bits per heavy atom. The van der Waals surface area contributed by atoms with E-state index in [1.54, 1.807) is 0 Å². The van der Waals surface area contributed by atoms with Crippen molar-refractivity contribution in [2.24, 2.45) is 0 Å². The zero-order valence-electron chi connectivity index (χ0n) is 6.47. The van der Waals surface area contributed by atoms with Crippen molar-refractivity contribution in [1.82, 2.24) is 10.8 Å². The highest BCUT2D eigenvalue weighted by Gasteiger charge is 2.13. The lowest BCUT2D eigenvalue weighted by atomic mass is 9.96. The minimum atomic E-state index is 0.344. The van der Waals surface area contributed by atoms with Crippen molar-refractivity contribution in [3.8, 4) is 0 Å². The van der Waals surface area contributed by atoms with E-state index in [4.69, 9.17) is 17.4 Å². The molecule has 0 heterocycles. The van der Waals surface area contributed by atoms with Gasteiger partial charge in [-0.15, -0.1) is 0 Å². The molecule has 1 rings (SSSR count). The molecule has 0 bridgehead atoms. The van der Waals surface area contributed by atoms with E-state index in [9.17, 15) is 0 Å². The van der Waals surface area contributed by atoms with Crippen molar-refractivity contribution in [1.29, 1.82) is 0 Å². The van der Waals surface area contributed by atoms with E-state index in [0.29, 0.717) is 11.2 Å². The monoisotopic (exact) mass is 174 g/mol. The second-order valence-electron chi connectivity index (χ2n) is 2.92. The van der Waals surface area contributed by atoms with Crippen LogP contribution in [0.25, 0.3) is 0 Å². The largest absolute Gasteiger partial charge is 0.358 e. The summed E-state index contributed by atoms with van der Waals surface area (Å²) in [5.74, 6) is 0. The Morgan fingerprint density at radius 2 is 1.91 bits per heavy atom. The molecule has 1 aliphatic carbocycles. The zero-order valence-corrected chi connectivity index (χ0v) is 7.28. The maximum absolute atomic E-state index is 8.41. The standard InChI is InChI=1S/C7H14N2OS/c10-9-7(11)8-6-4-2-1-3-5-6/h6,10H,1-5H2,(H2,8,9,11). The summed E-state index contributed by atoms with van der Waals surface area (Å²) in [6.45, 7) is 0. The highest BCUT2D eigenvalue weighted by atomic mass is 32.1. The molecule has 0 aromatic heterocycles. The fraction of sp³-hybridized carbons (Fsp3) is 0.857. The Bertz CT molecular complexity index is 134. The molecule has 0 aliphatic heterocycles. The molecule has 1 saturated carbocycles. The van der Waals surface area contributed by atoms with Crippen molar-refractivity contribution in [3.05, 3.63) is 0 Å². The molecule has 64 valence electrons. The van der Waals surface area contributed by atoms with Gasteiger partial charge in [0.2, 0.25) is 0 Å². The van der Waals surface area contributed by atoms with Crippen LogP contribution in [0.4, 0.5) is 0 Å². The molecule has 0 saturated heterocycles. The van der Waals surface area contributed by atoms with Crippen molar-refractivity contribution in [2.45, 2.75) is 38.1 Å². The topological polar surface area (TPSA) is 44.3 Å². The Kier molecular flexibility index (Phi) is 3.59. The molecule has 11 heavy (non-hydrogen) atoms. The summed E-state index contributed by atoms with van der Waals surface area (Å²) in [6.07, 6.45) is 6.21. The molecule has 1 aliphatic rings. The van der Waals surface area contributed by atoms with E-state index >= 15 is 0 Å². The highest BCUT2D eigenvalue weighted by Crippen LogP contribution is 2.16. The van der Waals surface area contributed by atoms with Crippen LogP contribution in [0.3, 0.4) is 0 Å². The van der Waals surface area contributed by atoms with E-state index < -0.39 is 0 Å². The van der Waals surface area contributed by atoms with Crippen LogP contribution < -0.4 is 10.8 Å². The van der Waals surface area contributed by atoms with Crippen molar-refractivity contribution in [2.75, 3.05) is 0 Å². The molecule has 3 N–H and O–H groups in total. The van der Waals surface area contributed by atoms with Gasteiger partial charge >= 0.3 is 0 Å². The molecule has 4 heteroatoms. The summed E-state index contributed by atoms with van der Waals surface area (Å²) in [7, 11) is 0. The maximum atomic E-state index is 8.41. The third-order valence-corrected chi connectivity index (χ3v) is 2.25. The van der Waals surface area contributed by atoms with Gasteiger partial charge in [-0.1, -0.05) is 19.3 Å². The second kappa shape index (κ2) is 4.51. The smallest absolute Gasteiger partial charge is 0.190 e. The number of hydrogen-bond donors (Lipinski definition) is 3. The zero-order chi connectivity index (χ0) is 8.10. The molecular formula is C7H14N2OS. The maximum Gasteiger partial charge on any atom is 0.190 e. The lowest BCUT2D eigenvalue weighted by Gasteiger charge is -2.23. The summed E-state index contributed by atoms with van der Waals surface area (Å²) in [5.41, 5.74) is 1.93. The molecule has 0 aromatic carbocycles. The first-order chi connectivity index (χ1) is 5.33. The molecule has 0 aromatic rings. The van der Waals surface area contributed by atoms with Gasteiger partial charge in [-0.3, -0.25) is 5.21 Å². The van der Waals surface area contributed by atoms with Crippen molar-refractivity contribution < 1.29 is 5.21 Å². The van der Waals surface area contributed by atoms with Crippen molar-refractivity contribution in [3.63, 3.8) is 0 Å².